The predicted molar refractivity (Wildman–Crippen MR) is 104 cm³/mol. The standard InChI is InChI=1S/C19H23N3O4S/c23-19(24)17-13-15(21-27(25,26)16-9-5-4-6-10-16)14-20-18(17)22-11-7-2-1-3-8-12-22/h4-6,9-10,13-14,21H,1-3,7-8,11-12H2,(H,23,24). The molecule has 1 fully saturated rings. The van der Waals surface area contributed by atoms with Crippen LogP contribution in [0.1, 0.15) is 42.5 Å². The van der Waals surface area contributed by atoms with Crippen molar-refractivity contribution in [2.45, 2.75) is 37.0 Å². The summed E-state index contributed by atoms with van der Waals surface area (Å²) in [5, 5.41) is 9.62. The third-order valence-electron chi connectivity index (χ3n) is 4.56. The van der Waals surface area contributed by atoms with Crippen LogP contribution in [0, 0.1) is 0 Å². The molecule has 1 aliphatic heterocycles. The second kappa shape index (κ2) is 8.39. The number of sulfonamides is 1. The highest BCUT2D eigenvalue weighted by molar-refractivity contribution is 7.92. The molecule has 1 aliphatic rings. The van der Waals surface area contributed by atoms with Crippen molar-refractivity contribution in [1.29, 1.82) is 0 Å². The number of hydrogen-bond donors (Lipinski definition) is 2. The van der Waals surface area contributed by atoms with E-state index in [1.807, 2.05) is 4.90 Å². The first-order chi connectivity index (χ1) is 13.0. The van der Waals surface area contributed by atoms with Crippen LogP contribution in [0.15, 0.2) is 47.5 Å². The number of benzene rings is 1. The van der Waals surface area contributed by atoms with E-state index in [9.17, 15) is 18.3 Å². The molecule has 3 rings (SSSR count). The second-order valence-electron chi connectivity index (χ2n) is 6.57. The molecule has 1 saturated heterocycles. The topological polar surface area (TPSA) is 99.6 Å². The Morgan fingerprint density at radius 2 is 1.67 bits per heavy atom. The number of aromatic nitrogens is 1. The van der Waals surface area contributed by atoms with E-state index in [-0.39, 0.29) is 16.1 Å². The van der Waals surface area contributed by atoms with Crippen molar-refractivity contribution in [1.82, 2.24) is 4.98 Å². The van der Waals surface area contributed by atoms with E-state index in [0.717, 1.165) is 38.8 Å². The van der Waals surface area contributed by atoms with Crippen molar-refractivity contribution >= 4 is 27.5 Å². The van der Waals surface area contributed by atoms with Gasteiger partial charge in [-0.2, -0.15) is 0 Å². The summed E-state index contributed by atoms with van der Waals surface area (Å²) in [6, 6.07) is 9.26. The summed E-state index contributed by atoms with van der Waals surface area (Å²) in [7, 11) is -3.80. The molecule has 1 aromatic heterocycles. The Kier molecular flexibility index (Phi) is 5.95. The number of hydrogen-bond acceptors (Lipinski definition) is 5. The molecule has 27 heavy (non-hydrogen) atoms. The molecule has 2 aromatic rings. The molecule has 0 radical (unpaired) electrons. The number of pyridine rings is 1. The van der Waals surface area contributed by atoms with Crippen LogP contribution in [0.4, 0.5) is 11.5 Å². The van der Waals surface area contributed by atoms with Crippen molar-refractivity contribution in [3.8, 4) is 0 Å². The summed E-state index contributed by atoms with van der Waals surface area (Å²) in [5.74, 6) is -0.729. The summed E-state index contributed by atoms with van der Waals surface area (Å²) in [6.07, 6.45) is 6.79. The number of carboxylic acid groups (broad SMARTS) is 1. The van der Waals surface area contributed by atoms with Gasteiger partial charge in [0.15, 0.2) is 0 Å². The normalized spacial score (nSPS) is 15.6. The maximum atomic E-state index is 12.5. The van der Waals surface area contributed by atoms with Crippen molar-refractivity contribution in [2.75, 3.05) is 22.7 Å². The van der Waals surface area contributed by atoms with Crippen molar-refractivity contribution in [3.63, 3.8) is 0 Å². The van der Waals surface area contributed by atoms with E-state index >= 15 is 0 Å². The van der Waals surface area contributed by atoms with E-state index in [1.165, 1.54) is 30.8 Å². The van der Waals surface area contributed by atoms with Gasteiger partial charge in [-0.1, -0.05) is 37.5 Å². The smallest absolute Gasteiger partial charge is 0.339 e. The first kappa shape index (κ1) is 19.2. The molecule has 0 atom stereocenters. The molecule has 2 heterocycles. The fourth-order valence-electron chi connectivity index (χ4n) is 3.20. The molecule has 2 N–H and O–H groups in total. The van der Waals surface area contributed by atoms with Crippen molar-refractivity contribution in [3.05, 3.63) is 48.2 Å². The van der Waals surface area contributed by atoms with E-state index in [2.05, 4.69) is 9.71 Å². The number of anilines is 2. The highest BCUT2D eigenvalue weighted by atomic mass is 32.2. The van der Waals surface area contributed by atoms with Crippen LogP contribution < -0.4 is 9.62 Å². The van der Waals surface area contributed by atoms with Crippen LogP contribution in [-0.2, 0) is 10.0 Å². The average molecular weight is 389 g/mol. The van der Waals surface area contributed by atoms with Gasteiger partial charge in [0.25, 0.3) is 10.0 Å². The summed E-state index contributed by atoms with van der Waals surface area (Å²) in [5.41, 5.74) is 0.135. The molecular formula is C19H23N3O4S. The summed E-state index contributed by atoms with van der Waals surface area (Å²) in [4.78, 5) is 18.1. The van der Waals surface area contributed by atoms with Crippen LogP contribution in [0.2, 0.25) is 0 Å². The molecule has 0 amide bonds. The van der Waals surface area contributed by atoms with Crippen LogP contribution in [0.3, 0.4) is 0 Å². The Hall–Kier alpha value is -2.61. The average Bonchev–Trinajstić information content (AvgIpc) is 2.62. The van der Waals surface area contributed by atoms with Crippen LogP contribution in [0.5, 0.6) is 0 Å². The van der Waals surface area contributed by atoms with E-state index in [0.29, 0.717) is 5.82 Å². The van der Waals surface area contributed by atoms with Gasteiger partial charge >= 0.3 is 5.97 Å². The van der Waals surface area contributed by atoms with Gasteiger partial charge in [0, 0.05) is 13.1 Å². The third-order valence-corrected chi connectivity index (χ3v) is 5.96. The number of rotatable bonds is 5. The highest BCUT2D eigenvalue weighted by Gasteiger charge is 2.21. The lowest BCUT2D eigenvalue weighted by Crippen LogP contribution is -2.29. The SMILES string of the molecule is O=C(O)c1cc(NS(=O)(=O)c2ccccc2)cnc1N1CCCCCCC1. The maximum absolute atomic E-state index is 12.5. The first-order valence-corrected chi connectivity index (χ1v) is 10.5. The molecule has 1 aromatic carbocycles. The zero-order valence-electron chi connectivity index (χ0n) is 15.0. The minimum absolute atomic E-state index is 0.00355. The fourth-order valence-corrected chi connectivity index (χ4v) is 4.25. The summed E-state index contributed by atoms with van der Waals surface area (Å²) in [6.45, 7) is 1.50. The molecule has 0 bridgehead atoms. The van der Waals surface area contributed by atoms with Crippen molar-refractivity contribution < 1.29 is 18.3 Å². The zero-order chi connectivity index (χ0) is 19.3. The second-order valence-corrected chi connectivity index (χ2v) is 8.26. The lowest BCUT2D eigenvalue weighted by molar-refractivity contribution is 0.0697. The molecule has 144 valence electrons. The van der Waals surface area contributed by atoms with E-state index in [4.69, 9.17) is 0 Å². The van der Waals surface area contributed by atoms with Gasteiger partial charge in [-0.3, -0.25) is 4.72 Å². The van der Waals surface area contributed by atoms with Gasteiger partial charge in [-0.25, -0.2) is 18.2 Å². The number of nitrogens with one attached hydrogen (secondary N) is 1. The highest BCUT2D eigenvalue weighted by Crippen LogP contribution is 2.25. The quantitative estimate of drug-likeness (QED) is 0.813. The molecule has 0 unspecified atom stereocenters. The van der Waals surface area contributed by atoms with Crippen LogP contribution >= 0.6 is 0 Å². The van der Waals surface area contributed by atoms with Gasteiger partial charge in [0.05, 0.1) is 16.8 Å². The Morgan fingerprint density at radius 1 is 1.04 bits per heavy atom. The van der Waals surface area contributed by atoms with E-state index < -0.39 is 16.0 Å². The van der Waals surface area contributed by atoms with E-state index in [1.54, 1.807) is 18.2 Å². The first-order valence-electron chi connectivity index (χ1n) is 9.03. The molecule has 8 heteroatoms. The molecule has 0 aliphatic carbocycles. The lowest BCUT2D eigenvalue weighted by Gasteiger charge is -2.27. The van der Waals surface area contributed by atoms with Gasteiger partial charge in [0.1, 0.15) is 11.4 Å². The Morgan fingerprint density at radius 3 is 2.30 bits per heavy atom. The maximum Gasteiger partial charge on any atom is 0.339 e. The molecular weight excluding hydrogens is 366 g/mol. The Balaban J connectivity index is 1.88. The Bertz CT molecular complexity index is 892. The fraction of sp³-hybridized carbons (Fsp3) is 0.368. The number of nitrogens with zero attached hydrogens (tertiary/aromatic N) is 2. The minimum Gasteiger partial charge on any atom is -0.478 e. The number of carbonyl (C=O) groups is 1. The molecule has 0 spiro atoms. The molecule has 7 nitrogen and oxygen atoms in total. The van der Waals surface area contributed by atoms with Gasteiger partial charge < -0.3 is 10.0 Å². The van der Waals surface area contributed by atoms with Gasteiger partial charge in [-0.05, 0) is 31.0 Å². The third kappa shape index (κ3) is 4.77. The monoisotopic (exact) mass is 389 g/mol. The largest absolute Gasteiger partial charge is 0.478 e. The predicted octanol–water partition coefficient (Wildman–Crippen LogP) is 3.35. The van der Waals surface area contributed by atoms with Gasteiger partial charge in [0.2, 0.25) is 0 Å². The van der Waals surface area contributed by atoms with Crippen LogP contribution in [0.25, 0.3) is 0 Å². The minimum atomic E-state index is -3.80. The van der Waals surface area contributed by atoms with Crippen LogP contribution in [-0.4, -0.2) is 37.6 Å². The van der Waals surface area contributed by atoms with Crippen molar-refractivity contribution in [2.24, 2.45) is 0 Å². The number of carboxylic acids is 1. The molecule has 0 saturated carbocycles. The van der Waals surface area contributed by atoms with Gasteiger partial charge in [-0.15, -0.1) is 0 Å². The Labute approximate surface area is 159 Å². The lowest BCUT2D eigenvalue weighted by atomic mass is 10.1. The summed E-state index contributed by atoms with van der Waals surface area (Å²) >= 11 is 0. The number of aromatic carboxylic acids is 1. The summed E-state index contributed by atoms with van der Waals surface area (Å²) < 4.78 is 27.3. The zero-order valence-corrected chi connectivity index (χ0v) is 15.8.